The minimum Gasteiger partial charge on any atom is -0.369 e. The van der Waals surface area contributed by atoms with Gasteiger partial charge in [-0.3, -0.25) is 0 Å². The molecule has 0 aliphatic carbocycles. The highest BCUT2D eigenvalue weighted by Gasteiger charge is 2.12. The van der Waals surface area contributed by atoms with Gasteiger partial charge in [0.05, 0.1) is 5.39 Å². The summed E-state index contributed by atoms with van der Waals surface area (Å²) in [6.07, 6.45) is 2.21. The van der Waals surface area contributed by atoms with E-state index in [-0.39, 0.29) is 5.82 Å². The first-order valence-corrected chi connectivity index (χ1v) is 7.26. The lowest BCUT2D eigenvalue weighted by Gasteiger charge is -2.06. The van der Waals surface area contributed by atoms with Gasteiger partial charge < -0.3 is 5.32 Å². The maximum Gasteiger partial charge on any atom is 0.164 e. The molecule has 3 aromatic rings. The Morgan fingerprint density at radius 3 is 3.00 bits per heavy atom. The van der Waals surface area contributed by atoms with E-state index < -0.39 is 0 Å². The second-order valence-electron chi connectivity index (χ2n) is 4.64. The average Bonchev–Trinajstić information content (AvgIpc) is 2.75. The molecule has 3 rings (SSSR count). The lowest BCUT2D eigenvalue weighted by Crippen LogP contribution is -2.07. The van der Waals surface area contributed by atoms with Gasteiger partial charge in [0.15, 0.2) is 5.65 Å². The Morgan fingerprint density at radius 2 is 2.19 bits per heavy atom. The summed E-state index contributed by atoms with van der Waals surface area (Å²) >= 11 is 3.41. The van der Waals surface area contributed by atoms with Gasteiger partial charge in [0.1, 0.15) is 22.6 Å². The fourth-order valence-electron chi connectivity index (χ4n) is 2.19. The van der Waals surface area contributed by atoms with Crippen LogP contribution >= 0.6 is 15.9 Å². The number of anilines is 1. The zero-order chi connectivity index (χ0) is 14.8. The molecule has 0 bridgehead atoms. The Labute approximate surface area is 129 Å². The van der Waals surface area contributed by atoms with Crippen LogP contribution in [0.5, 0.6) is 0 Å². The summed E-state index contributed by atoms with van der Waals surface area (Å²) in [6, 6.07) is 6.60. The second-order valence-corrected chi connectivity index (χ2v) is 5.39. The molecular weight excluding hydrogens is 337 g/mol. The van der Waals surface area contributed by atoms with Gasteiger partial charge in [0.25, 0.3) is 0 Å². The number of fused-ring (bicyclic) bond motifs is 1. The first kappa shape index (κ1) is 13.9. The van der Waals surface area contributed by atoms with Crippen LogP contribution in [-0.2, 0) is 13.5 Å². The predicted octanol–water partition coefficient (Wildman–Crippen LogP) is 2.92. The van der Waals surface area contributed by atoms with Crippen LogP contribution in [0.2, 0.25) is 0 Å². The molecule has 0 fully saturated rings. The van der Waals surface area contributed by atoms with E-state index in [0.29, 0.717) is 17.6 Å². The van der Waals surface area contributed by atoms with Crippen LogP contribution in [-0.4, -0.2) is 26.3 Å². The third-order valence-electron chi connectivity index (χ3n) is 3.17. The first-order valence-electron chi connectivity index (χ1n) is 6.46. The Morgan fingerprint density at radius 1 is 1.33 bits per heavy atom. The second kappa shape index (κ2) is 5.77. The van der Waals surface area contributed by atoms with Crippen molar-refractivity contribution >= 4 is 32.8 Å². The molecule has 0 saturated heterocycles. The van der Waals surface area contributed by atoms with Crippen LogP contribution in [0.25, 0.3) is 11.0 Å². The van der Waals surface area contributed by atoms with Crippen molar-refractivity contribution in [3.8, 4) is 0 Å². The molecule has 0 amide bonds. The highest BCUT2D eigenvalue weighted by Crippen LogP contribution is 2.26. The molecule has 7 heteroatoms. The van der Waals surface area contributed by atoms with Gasteiger partial charge >= 0.3 is 0 Å². The van der Waals surface area contributed by atoms with Crippen molar-refractivity contribution in [3.63, 3.8) is 0 Å². The quantitative estimate of drug-likeness (QED) is 0.786. The van der Waals surface area contributed by atoms with Gasteiger partial charge in [-0.1, -0.05) is 12.1 Å². The average molecular weight is 350 g/mol. The van der Waals surface area contributed by atoms with E-state index in [1.165, 1.54) is 18.5 Å². The predicted molar refractivity (Wildman–Crippen MR) is 82.6 cm³/mol. The van der Waals surface area contributed by atoms with Crippen LogP contribution < -0.4 is 5.32 Å². The summed E-state index contributed by atoms with van der Waals surface area (Å²) in [5.74, 6) is 0.503. The van der Waals surface area contributed by atoms with E-state index in [4.69, 9.17) is 0 Å². The number of nitrogens with zero attached hydrogens (tertiary/aromatic N) is 4. The number of hydrogen-bond acceptors (Lipinski definition) is 4. The Balaban J connectivity index is 1.77. The highest BCUT2D eigenvalue weighted by atomic mass is 79.9. The van der Waals surface area contributed by atoms with Gasteiger partial charge in [-0.25, -0.2) is 19.0 Å². The normalized spacial score (nSPS) is 11.0. The molecule has 1 aromatic carbocycles. The highest BCUT2D eigenvalue weighted by molar-refractivity contribution is 9.10. The molecule has 0 aliphatic heterocycles. The molecule has 108 valence electrons. The van der Waals surface area contributed by atoms with Gasteiger partial charge in [0, 0.05) is 13.6 Å². The minimum absolute atomic E-state index is 0.216. The maximum atomic E-state index is 13.1. The van der Waals surface area contributed by atoms with Crippen molar-refractivity contribution in [2.75, 3.05) is 11.9 Å². The number of halogens is 2. The number of benzene rings is 1. The summed E-state index contributed by atoms with van der Waals surface area (Å²) in [6.45, 7) is 0.650. The summed E-state index contributed by atoms with van der Waals surface area (Å²) in [7, 11) is 1.83. The fourth-order valence-corrected chi connectivity index (χ4v) is 2.80. The molecule has 5 nitrogen and oxygen atoms in total. The van der Waals surface area contributed by atoms with E-state index in [9.17, 15) is 4.39 Å². The van der Waals surface area contributed by atoms with Crippen molar-refractivity contribution in [2.45, 2.75) is 6.42 Å². The van der Waals surface area contributed by atoms with Crippen LogP contribution in [0, 0.1) is 5.82 Å². The monoisotopic (exact) mass is 349 g/mol. The molecule has 2 heterocycles. The molecule has 0 atom stereocenters. The molecular formula is C14H13BrFN5. The van der Waals surface area contributed by atoms with Crippen LogP contribution in [0.15, 0.2) is 35.2 Å². The van der Waals surface area contributed by atoms with Crippen molar-refractivity contribution in [1.29, 1.82) is 0 Å². The number of rotatable bonds is 4. The van der Waals surface area contributed by atoms with E-state index in [1.807, 2.05) is 13.1 Å². The zero-order valence-electron chi connectivity index (χ0n) is 11.3. The van der Waals surface area contributed by atoms with Crippen LogP contribution in [0.4, 0.5) is 10.2 Å². The van der Waals surface area contributed by atoms with Gasteiger partial charge in [-0.05, 0) is 40.0 Å². The number of nitrogens with one attached hydrogen (secondary N) is 1. The van der Waals surface area contributed by atoms with Crippen LogP contribution in [0.3, 0.4) is 0 Å². The third-order valence-corrected chi connectivity index (χ3v) is 3.73. The van der Waals surface area contributed by atoms with Gasteiger partial charge in [-0.15, -0.1) is 0 Å². The third kappa shape index (κ3) is 2.87. The summed E-state index contributed by atoms with van der Waals surface area (Å²) in [5, 5.41) is 8.37. The number of hydrogen-bond donors (Lipinski definition) is 1. The van der Waals surface area contributed by atoms with Gasteiger partial charge in [-0.2, -0.15) is 5.10 Å². The van der Waals surface area contributed by atoms with E-state index in [2.05, 4.69) is 36.3 Å². The van der Waals surface area contributed by atoms with Crippen molar-refractivity contribution in [2.24, 2.45) is 7.05 Å². The standard InChI is InChI=1S/C14H13BrFN5/c1-21-14-11(12(15)20-21)13(18-8-19-14)17-6-5-9-3-2-4-10(16)7-9/h2-4,7-8H,5-6H2,1H3,(H,17,18,19). The largest absolute Gasteiger partial charge is 0.369 e. The molecule has 21 heavy (non-hydrogen) atoms. The van der Waals surface area contributed by atoms with Crippen molar-refractivity contribution in [3.05, 3.63) is 46.6 Å². The number of aryl methyl sites for hydroxylation is 1. The topological polar surface area (TPSA) is 55.6 Å². The van der Waals surface area contributed by atoms with Gasteiger partial charge in [0.2, 0.25) is 0 Å². The lowest BCUT2D eigenvalue weighted by atomic mass is 10.1. The van der Waals surface area contributed by atoms with Crippen molar-refractivity contribution in [1.82, 2.24) is 19.7 Å². The SMILES string of the molecule is Cn1nc(Br)c2c(NCCc3cccc(F)c3)ncnc21. The summed E-state index contributed by atoms with van der Waals surface area (Å²) < 4.78 is 15.5. The molecule has 1 N–H and O–H groups in total. The number of aromatic nitrogens is 4. The summed E-state index contributed by atoms with van der Waals surface area (Å²) in [4.78, 5) is 8.46. The molecule has 0 aliphatic rings. The molecule has 0 saturated carbocycles. The Kier molecular flexibility index (Phi) is 3.83. The Bertz CT molecular complexity index is 786. The van der Waals surface area contributed by atoms with E-state index in [1.54, 1.807) is 10.7 Å². The molecule has 0 spiro atoms. The zero-order valence-corrected chi connectivity index (χ0v) is 12.9. The first-order chi connectivity index (χ1) is 10.1. The molecule has 0 unspecified atom stereocenters. The smallest absolute Gasteiger partial charge is 0.164 e. The van der Waals surface area contributed by atoms with E-state index >= 15 is 0 Å². The fraction of sp³-hybridized carbons (Fsp3) is 0.214. The lowest BCUT2D eigenvalue weighted by molar-refractivity contribution is 0.625. The molecule has 2 aromatic heterocycles. The van der Waals surface area contributed by atoms with Crippen LogP contribution in [0.1, 0.15) is 5.56 Å². The molecule has 0 radical (unpaired) electrons. The summed E-state index contributed by atoms with van der Waals surface area (Å²) in [5.41, 5.74) is 1.70. The maximum absolute atomic E-state index is 13.1. The van der Waals surface area contributed by atoms with Crippen molar-refractivity contribution < 1.29 is 4.39 Å². The minimum atomic E-state index is -0.216. The van der Waals surface area contributed by atoms with E-state index in [0.717, 1.165) is 22.4 Å². The Hall–Kier alpha value is -2.02.